The fraction of sp³-hybridized carbons (Fsp3) is 0.250. The third-order valence-electron chi connectivity index (χ3n) is 8.35. The van der Waals surface area contributed by atoms with Crippen molar-refractivity contribution in [3.05, 3.63) is 125 Å². The fourth-order valence-corrected chi connectivity index (χ4v) is 6.06. The SMILES string of the molecule is COC(=O)c1cccc(-c2nc(-c3ccc([C@H](c4cccc(O)c4)N4C[C@@H](C)N(Cc5ccccc5)C[C@@H]4C)cc3)no2)c1. The molecular weight excluding hydrogens is 552 g/mol. The molecule has 1 aliphatic heterocycles. The first-order valence-electron chi connectivity index (χ1n) is 14.8. The number of carbonyl (C=O) groups is 1. The van der Waals surface area contributed by atoms with E-state index in [1.807, 2.05) is 30.3 Å². The lowest BCUT2D eigenvalue weighted by Crippen LogP contribution is -2.56. The molecular formula is C36H36N4O4. The van der Waals surface area contributed by atoms with Crippen molar-refractivity contribution in [3.63, 3.8) is 0 Å². The molecule has 1 saturated heterocycles. The molecule has 0 bridgehead atoms. The lowest BCUT2D eigenvalue weighted by Gasteiger charge is -2.47. The van der Waals surface area contributed by atoms with Gasteiger partial charge in [0.1, 0.15) is 5.75 Å². The Kier molecular flexibility index (Phi) is 8.54. The van der Waals surface area contributed by atoms with Gasteiger partial charge in [-0.05, 0) is 60.9 Å². The van der Waals surface area contributed by atoms with Crippen LogP contribution in [0.15, 0.2) is 108 Å². The summed E-state index contributed by atoms with van der Waals surface area (Å²) >= 11 is 0. The van der Waals surface area contributed by atoms with Crippen molar-refractivity contribution in [2.24, 2.45) is 0 Å². The van der Waals surface area contributed by atoms with Crippen molar-refractivity contribution in [1.82, 2.24) is 19.9 Å². The number of esters is 1. The average molecular weight is 589 g/mol. The van der Waals surface area contributed by atoms with Crippen LogP contribution >= 0.6 is 0 Å². The van der Waals surface area contributed by atoms with E-state index in [1.165, 1.54) is 12.7 Å². The molecule has 8 heteroatoms. The zero-order valence-electron chi connectivity index (χ0n) is 25.1. The van der Waals surface area contributed by atoms with Gasteiger partial charge < -0.3 is 14.4 Å². The van der Waals surface area contributed by atoms with E-state index in [9.17, 15) is 9.90 Å². The van der Waals surface area contributed by atoms with Crippen molar-refractivity contribution >= 4 is 5.97 Å². The van der Waals surface area contributed by atoms with Gasteiger partial charge in [0.05, 0.1) is 18.7 Å². The van der Waals surface area contributed by atoms with Crippen LogP contribution in [0.5, 0.6) is 5.75 Å². The van der Waals surface area contributed by atoms with Gasteiger partial charge in [-0.15, -0.1) is 0 Å². The number of hydrogen-bond donors (Lipinski definition) is 1. The number of phenolic OH excluding ortho intramolecular Hbond substituents is 1. The minimum atomic E-state index is -0.426. The molecule has 1 aliphatic rings. The third-order valence-corrected chi connectivity index (χ3v) is 8.35. The molecule has 1 aromatic heterocycles. The Morgan fingerprint density at radius 2 is 1.66 bits per heavy atom. The number of phenols is 1. The quantitative estimate of drug-likeness (QED) is 0.203. The third kappa shape index (κ3) is 6.27. The Morgan fingerprint density at radius 1 is 0.886 bits per heavy atom. The van der Waals surface area contributed by atoms with Crippen LogP contribution in [0.25, 0.3) is 22.8 Å². The van der Waals surface area contributed by atoms with Gasteiger partial charge in [0.25, 0.3) is 5.89 Å². The van der Waals surface area contributed by atoms with Crippen LogP contribution in [-0.4, -0.2) is 63.3 Å². The summed E-state index contributed by atoms with van der Waals surface area (Å²) in [5.74, 6) is 0.608. The number of carbonyl (C=O) groups excluding carboxylic acids is 1. The van der Waals surface area contributed by atoms with Crippen LogP contribution in [0.2, 0.25) is 0 Å². The minimum absolute atomic E-state index is 0.0469. The van der Waals surface area contributed by atoms with Crippen LogP contribution in [0.3, 0.4) is 0 Å². The minimum Gasteiger partial charge on any atom is -0.508 e. The highest BCUT2D eigenvalue weighted by atomic mass is 16.5. The Balaban J connectivity index is 1.26. The molecule has 44 heavy (non-hydrogen) atoms. The van der Waals surface area contributed by atoms with E-state index in [-0.39, 0.29) is 17.8 Å². The van der Waals surface area contributed by atoms with Gasteiger partial charge >= 0.3 is 5.97 Å². The smallest absolute Gasteiger partial charge is 0.337 e. The van der Waals surface area contributed by atoms with Gasteiger partial charge in [0.2, 0.25) is 5.82 Å². The molecule has 6 rings (SSSR count). The normalized spacial score (nSPS) is 18.2. The largest absolute Gasteiger partial charge is 0.508 e. The average Bonchev–Trinajstić information content (AvgIpc) is 3.55. The van der Waals surface area contributed by atoms with E-state index in [2.05, 4.69) is 82.3 Å². The summed E-state index contributed by atoms with van der Waals surface area (Å²) in [5.41, 5.74) is 5.35. The second-order valence-electron chi connectivity index (χ2n) is 11.4. The van der Waals surface area contributed by atoms with E-state index in [0.29, 0.717) is 28.9 Å². The van der Waals surface area contributed by atoms with Crippen molar-refractivity contribution in [1.29, 1.82) is 0 Å². The van der Waals surface area contributed by atoms with E-state index in [1.54, 1.807) is 24.3 Å². The molecule has 8 nitrogen and oxygen atoms in total. The van der Waals surface area contributed by atoms with Crippen LogP contribution < -0.4 is 0 Å². The molecule has 5 aromatic rings. The van der Waals surface area contributed by atoms with Crippen LogP contribution in [0.1, 0.15) is 46.9 Å². The van der Waals surface area contributed by atoms with Gasteiger partial charge in [-0.3, -0.25) is 9.80 Å². The maximum Gasteiger partial charge on any atom is 0.337 e. The summed E-state index contributed by atoms with van der Waals surface area (Å²) < 4.78 is 10.4. The van der Waals surface area contributed by atoms with Crippen molar-refractivity contribution in [3.8, 4) is 28.6 Å². The van der Waals surface area contributed by atoms with Gasteiger partial charge in [-0.1, -0.05) is 78.0 Å². The standard InChI is InChI=1S/C36H36N4O4/c1-24-22-40(25(2)21-39(24)23-26-9-5-4-6-10-26)33(29-11-8-14-32(41)20-29)27-15-17-28(18-16-27)34-37-35(44-38-34)30-12-7-13-31(19-30)36(42)43-3/h4-20,24-25,33,41H,21-23H2,1-3H3/t24-,25+,33-/m1/s1. The zero-order valence-corrected chi connectivity index (χ0v) is 25.1. The number of ether oxygens (including phenoxy) is 1. The lowest BCUT2D eigenvalue weighted by molar-refractivity contribution is 0.0195. The van der Waals surface area contributed by atoms with Gasteiger partial charge in [0.15, 0.2) is 0 Å². The predicted octanol–water partition coefficient (Wildman–Crippen LogP) is 6.58. The molecule has 0 saturated carbocycles. The molecule has 1 fully saturated rings. The molecule has 1 N–H and O–H groups in total. The summed E-state index contributed by atoms with van der Waals surface area (Å²) in [6.07, 6.45) is 0. The molecule has 4 aromatic carbocycles. The number of nitrogens with zero attached hydrogens (tertiary/aromatic N) is 4. The second-order valence-corrected chi connectivity index (χ2v) is 11.4. The molecule has 2 heterocycles. The Hall–Kier alpha value is -4.79. The Morgan fingerprint density at radius 3 is 2.41 bits per heavy atom. The van der Waals surface area contributed by atoms with E-state index in [4.69, 9.17) is 9.26 Å². The van der Waals surface area contributed by atoms with Crippen molar-refractivity contribution < 1.29 is 19.2 Å². The van der Waals surface area contributed by atoms with E-state index in [0.717, 1.165) is 36.3 Å². The number of rotatable bonds is 8. The topological polar surface area (TPSA) is 91.9 Å². The fourth-order valence-electron chi connectivity index (χ4n) is 6.06. The number of hydrogen-bond acceptors (Lipinski definition) is 8. The summed E-state index contributed by atoms with van der Waals surface area (Å²) in [6.45, 7) is 7.32. The zero-order chi connectivity index (χ0) is 30.6. The maximum absolute atomic E-state index is 12.0. The van der Waals surface area contributed by atoms with Crippen molar-refractivity contribution in [2.45, 2.75) is 38.5 Å². The lowest BCUT2D eigenvalue weighted by atomic mass is 9.92. The molecule has 0 unspecified atom stereocenters. The van der Waals surface area contributed by atoms with Gasteiger partial charge in [0, 0.05) is 42.8 Å². The highest BCUT2D eigenvalue weighted by Crippen LogP contribution is 2.36. The summed E-state index contributed by atoms with van der Waals surface area (Å²) in [4.78, 5) is 21.7. The first kappa shape index (κ1) is 29.3. The molecule has 224 valence electrons. The molecule has 3 atom stereocenters. The highest BCUT2D eigenvalue weighted by molar-refractivity contribution is 5.90. The summed E-state index contributed by atoms with van der Waals surface area (Å²) in [5, 5.41) is 14.6. The Labute approximate surface area is 257 Å². The highest BCUT2D eigenvalue weighted by Gasteiger charge is 2.35. The predicted molar refractivity (Wildman–Crippen MR) is 169 cm³/mol. The van der Waals surface area contributed by atoms with Crippen LogP contribution in [0.4, 0.5) is 0 Å². The number of aromatic nitrogens is 2. The van der Waals surface area contributed by atoms with Crippen LogP contribution in [0, 0.1) is 0 Å². The maximum atomic E-state index is 12.0. The first-order valence-corrected chi connectivity index (χ1v) is 14.8. The number of benzene rings is 4. The van der Waals surface area contributed by atoms with E-state index >= 15 is 0 Å². The van der Waals surface area contributed by atoms with Gasteiger partial charge in [-0.2, -0.15) is 4.98 Å². The second kappa shape index (κ2) is 12.8. The number of piperazine rings is 1. The summed E-state index contributed by atoms with van der Waals surface area (Å²) in [6, 6.07) is 33.9. The van der Waals surface area contributed by atoms with Crippen LogP contribution in [-0.2, 0) is 11.3 Å². The molecule has 0 amide bonds. The molecule has 0 spiro atoms. The summed E-state index contributed by atoms with van der Waals surface area (Å²) in [7, 11) is 1.35. The molecule has 0 radical (unpaired) electrons. The Bertz CT molecular complexity index is 1720. The number of aromatic hydroxyl groups is 1. The van der Waals surface area contributed by atoms with E-state index < -0.39 is 5.97 Å². The monoisotopic (exact) mass is 588 g/mol. The molecule has 0 aliphatic carbocycles. The van der Waals surface area contributed by atoms with Gasteiger partial charge in [-0.25, -0.2) is 4.79 Å². The first-order chi connectivity index (χ1) is 21.4. The van der Waals surface area contributed by atoms with Crippen molar-refractivity contribution in [2.75, 3.05) is 20.2 Å². The number of methoxy groups -OCH3 is 1.